The Labute approximate surface area is 205 Å². The molecule has 0 bridgehead atoms. The fraction of sp³-hybridized carbons (Fsp3) is 0.227. The van der Waals surface area contributed by atoms with Crippen molar-refractivity contribution in [3.8, 4) is 11.5 Å². The van der Waals surface area contributed by atoms with Crippen LogP contribution in [-0.2, 0) is 11.0 Å². The normalized spacial score (nSPS) is 13.6. The number of aromatic nitrogens is 4. The van der Waals surface area contributed by atoms with Crippen LogP contribution in [0.5, 0.6) is 11.5 Å². The van der Waals surface area contributed by atoms with Gasteiger partial charge < -0.3 is 14.5 Å². The summed E-state index contributed by atoms with van der Waals surface area (Å²) in [4.78, 5) is 32.2. The summed E-state index contributed by atoms with van der Waals surface area (Å²) in [6.45, 7) is 1.20. The van der Waals surface area contributed by atoms with Crippen LogP contribution < -0.4 is 15.4 Å². The molecule has 14 heteroatoms. The summed E-state index contributed by atoms with van der Waals surface area (Å²) in [6.07, 6.45) is -1.68. The molecule has 10 nitrogen and oxygen atoms in total. The van der Waals surface area contributed by atoms with Crippen molar-refractivity contribution in [2.75, 3.05) is 10.6 Å². The minimum Gasteiger partial charge on any atom is -0.456 e. The number of aryl methyl sites for hydroxylation is 1. The third kappa shape index (κ3) is 4.96. The molecule has 5 rings (SSSR count). The quantitative estimate of drug-likeness (QED) is 0.363. The molecule has 1 aliphatic carbocycles. The van der Waals surface area contributed by atoms with Crippen molar-refractivity contribution >= 4 is 40.7 Å². The van der Waals surface area contributed by atoms with Crippen LogP contribution in [0.3, 0.4) is 0 Å². The van der Waals surface area contributed by atoms with Gasteiger partial charge in [-0.15, -0.1) is 5.10 Å². The number of alkyl halides is 3. The van der Waals surface area contributed by atoms with Crippen molar-refractivity contribution in [2.45, 2.75) is 25.9 Å². The molecule has 3 aromatic heterocycles. The number of anilines is 2. The zero-order valence-electron chi connectivity index (χ0n) is 18.4. The number of pyridine rings is 1. The summed E-state index contributed by atoms with van der Waals surface area (Å²) in [6, 6.07) is 7.49. The lowest BCUT2D eigenvalue weighted by Gasteiger charge is -2.11. The van der Waals surface area contributed by atoms with Crippen molar-refractivity contribution in [3.05, 3.63) is 58.9 Å². The van der Waals surface area contributed by atoms with Gasteiger partial charge in [0.1, 0.15) is 11.5 Å². The smallest absolute Gasteiger partial charge is 0.452 e. The number of nitrogens with one attached hydrogen (secondary N) is 2. The van der Waals surface area contributed by atoms with Crippen molar-refractivity contribution < 1.29 is 31.9 Å². The van der Waals surface area contributed by atoms with Crippen LogP contribution in [0.15, 0.2) is 40.9 Å². The van der Waals surface area contributed by atoms with Crippen LogP contribution in [0, 0.1) is 12.8 Å². The number of fused-ring (bicyclic) bond motifs is 1. The molecule has 0 aliphatic heterocycles. The number of ether oxygens (including phenoxy) is 1. The lowest BCUT2D eigenvalue weighted by molar-refractivity contribution is -0.153. The minimum absolute atomic E-state index is 0.000136. The van der Waals surface area contributed by atoms with E-state index < -0.39 is 23.5 Å². The summed E-state index contributed by atoms with van der Waals surface area (Å²) in [5, 5.41) is 9.24. The molecule has 0 atom stereocenters. The molecule has 0 radical (unpaired) electrons. The van der Waals surface area contributed by atoms with Crippen molar-refractivity contribution in [2.24, 2.45) is 5.92 Å². The number of rotatable bonds is 6. The monoisotopic (exact) mass is 520 g/mol. The summed E-state index contributed by atoms with van der Waals surface area (Å²) >= 11 is 6.12. The second-order valence-electron chi connectivity index (χ2n) is 7.97. The van der Waals surface area contributed by atoms with Gasteiger partial charge >= 0.3 is 6.18 Å². The van der Waals surface area contributed by atoms with E-state index in [4.69, 9.17) is 16.3 Å². The van der Waals surface area contributed by atoms with Crippen LogP contribution in [0.4, 0.5) is 24.8 Å². The third-order valence-corrected chi connectivity index (χ3v) is 5.44. The average molecular weight is 521 g/mol. The Morgan fingerprint density at radius 2 is 1.89 bits per heavy atom. The first-order valence-corrected chi connectivity index (χ1v) is 11.0. The Morgan fingerprint density at radius 3 is 2.61 bits per heavy atom. The second-order valence-corrected chi connectivity index (χ2v) is 8.38. The summed E-state index contributed by atoms with van der Waals surface area (Å²) < 4.78 is 51.3. The molecule has 2 N–H and O–H groups in total. The van der Waals surface area contributed by atoms with Gasteiger partial charge in [-0.3, -0.25) is 14.9 Å². The first-order chi connectivity index (χ1) is 17.1. The fourth-order valence-corrected chi connectivity index (χ4v) is 3.45. The van der Waals surface area contributed by atoms with E-state index in [1.54, 1.807) is 12.1 Å². The lowest BCUT2D eigenvalue weighted by Crippen LogP contribution is -2.18. The first-order valence-electron chi connectivity index (χ1n) is 10.6. The zero-order chi connectivity index (χ0) is 25.6. The highest BCUT2D eigenvalue weighted by atomic mass is 35.5. The second kappa shape index (κ2) is 8.82. The van der Waals surface area contributed by atoms with Crippen LogP contribution in [-0.4, -0.2) is 31.4 Å². The SMILES string of the molecule is Cc1nc(C(=O)Nc2cc(Oc3ccc4nc(NC(=O)C5CC5)nn4c3)ccc2Cl)c(C(F)(F)F)o1. The fourth-order valence-electron chi connectivity index (χ4n) is 3.29. The standard InChI is InChI=1S/C22H16ClF3N6O4/c1-10-27-17(18(35-10)22(24,25)26)20(34)28-15-8-12(4-6-14(15)23)36-13-5-7-16-29-21(31-32(16)9-13)30-19(33)11-2-3-11/h4-9,11H,2-3H2,1H3,(H,28,34)(H,30,31,33). The number of carbonyl (C=O) groups is 2. The number of benzene rings is 1. The summed E-state index contributed by atoms with van der Waals surface area (Å²) in [5.41, 5.74) is -0.440. The van der Waals surface area contributed by atoms with E-state index in [-0.39, 0.29) is 40.1 Å². The van der Waals surface area contributed by atoms with Crippen LogP contribution >= 0.6 is 11.6 Å². The highest BCUT2D eigenvalue weighted by Gasteiger charge is 2.41. The largest absolute Gasteiger partial charge is 0.456 e. The highest BCUT2D eigenvalue weighted by molar-refractivity contribution is 6.34. The minimum atomic E-state index is -4.90. The summed E-state index contributed by atoms with van der Waals surface area (Å²) in [5.74, 6) is -2.36. The van der Waals surface area contributed by atoms with E-state index >= 15 is 0 Å². The van der Waals surface area contributed by atoms with Crippen molar-refractivity contribution in [1.82, 2.24) is 19.6 Å². The van der Waals surface area contributed by atoms with Gasteiger partial charge in [-0.2, -0.15) is 18.2 Å². The number of hydrogen-bond donors (Lipinski definition) is 2. The van der Waals surface area contributed by atoms with Crippen LogP contribution in [0.1, 0.15) is 35.0 Å². The van der Waals surface area contributed by atoms with E-state index in [1.807, 2.05) is 0 Å². The maximum atomic E-state index is 13.2. The summed E-state index contributed by atoms with van der Waals surface area (Å²) in [7, 11) is 0. The number of nitrogens with zero attached hydrogens (tertiary/aromatic N) is 4. The highest BCUT2D eigenvalue weighted by Crippen LogP contribution is 2.34. The Kier molecular flexibility index (Phi) is 5.79. The van der Waals surface area contributed by atoms with Crippen LogP contribution in [0.2, 0.25) is 5.02 Å². The van der Waals surface area contributed by atoms with E-state index in [0.29, 0.717) is 11.4 Å². The van der Waals surface area contributed by atoms with Gasteiger partial charge in [0.15, 0.2) is 17.2 Å². The Morgan fingerprint density at radius 1 is 1.14 bits per heavy atom. The Bertz CT molecular complexity index is 1490. The van der Waals surface area contributed by atoms with E-state index in [9.17, 15) is 22.8 Å². The topological polar surface area (TPSA) is 124 Å². The van der Waals surface area contributed by atoms with Gasteiger partial charge in [-0.25, -0.2) is 9.50 Å². The predicted molar refractivity (Wildman–Crippen MR) is 120 cm³/mol. The van der Waals surface area contributed by atoms with E-state index in [1.165, 1.54) is 35.8 Å². The number of amides is 2. The molecule has 4 aromatic rings. The van der Waals surface area contributed by atoms with E-state index in [0.717, 1.165) is 12.8 Å². The van der Waals surface area contributed by atoms with Crippen molar-refractivity contribution in [1.29, 1.82) is 0 Å². The van der Waals surface area contributed by atoms with Crippen LogP contribution in [0.25, 0.3) is 5.65 Å². The maximum absolute atomic E-state index is 13.2. The predicted octanol–water partition coefficient (Wildman–Crippen LogP) is 5.09. The van der Waals surface area contributed by atoms with Crippen molar-refractivity contribution in [3.63, 3.8) is 0 Å². The lowest BCUT2D eigenvalue weighted by atomic mass is 10.2. The molecule has 0 saturated heterocycles. The Balaban J connectivity index is 1.33. The molecule has 0 spiro atoms. The molecule has 1 aromatic carbocycles. The Hall–Kier alpha value is -4.13. The number of carbonyl (C=O) groups excluding carboxylic acids is 2. The molecule has 1 saturated carbocycles. The number of hydrogen-bond acceptors (Lipinski definition) is 7. The molecular weight excluding hydrogens is 505 g/mol. The van der Waals surface area contributed by atoms with Gasteiger partial charge in [0.25, 0.3) is 5.91 Å². The third-order valence-electron chi connectivity index (χ3n) is 5.12. The molecule has 0 unspecified atom stereocenters. The maximum Gasteiger partial charge on any atom is 0.452 e. The number of oxazole rings is 1. The molecule has 36 heavy (non-hydrogen) atoms. The molecule has 1 fully saturated rings. The molecule has 186 valence electrons. The average Bonchev–Trinajstić information content (AvgIpc) is 3.47. The van der Waals surface area contributed by atoms with Gasteiger partial charge in [-0.1, -0.05) is 11.6 Å². The molecular formula is C22H16ClF3N6O4. The van der Waals surface area contributed by atoms with E-state index in [2.05, 4.69) is 30.1 Å². The zero-order valence-corrected chi connectivity index (χ0v) is 19.1. The molecule has 3 heterocycles. The van der Waals surface area contributed by atoms with Gasteiger partial charge in [-0.05, 0) is 37.1 Å². The number of halogens is 4. The molecule has 1 aliphatic rings. The van der Waals surface area contributed by atoms with Gasteiger partial charge in [0.2, 0.25) is 17.6 Å². The van der Waals surface area contributed by atoms with Gasteiger partial charge in [0.05, 0.1) is 16.9 Å². The first kappa shape index (κ1) is 23.6. The van der Waals surface area contributed by atoms with Gasteiger partial charge in [0, 0.05) is 18.9 Å². The molecule has 2 amide bonds.